The van der Waals surface area contributed by atoms with Gasteiger partial charge in [0.2, 0.25) is 0 Å². The Hall–Kier alpha value is -4.44. The summed E-state index contributed by atoms with van der Waals surface area (Å²) in [7, 11) is 2.04. The van der Waals surface area contributed by atoms with E-state index in [1.165, 1.54) is 6.07 Å². The van der Waals surface area contributed by atoms with Gasteiger partial charge in [0, 0.05) is 55.0 Å². The van der Waals surface area contributed by atoms with Crippen molar-refractivity contribution >= 4 is 43.7 Å². The molecule has 4 nitrogen and oxygen atoms in total. The van der Waals surface area contributed by atoms with Crippen molar-refractivity contribution in [3.05, 3.63) is 100 Å². The van der Waals surface area contributed by atoms with Crippen LogP contribution in [0, 0.1) is 26.0 Å². The van der Waals surface area contributed by atoms with Crippen LogP contribution in [0.25, 0.3) is 60.8 Å². The lowest BCUT2D eigenvalue weighted by atomic mass is 9.83. The van der Waals surface area contributed by atoms with E-state index in [0.717, 1.165) is 55.6 Å². The average Bonchev–Trinajstić information content (AvgIpc) is 3.60. The number of rotatable bonds is 5. The highest BCUT2D eigenvalue weighted by atomic mass is 16.3. The third-order valence-electron chi connectivity index (χ3n) is 9.22. The molecule has 3 heterocycles. The van der Waals surface area contributed by atoms with Crippen LogP contribution in [0.1, 0.15) is 105 Å². The molecule has 4 aromatic carbocycles. The van der Waals surface area contributed by atoms with Gasteiger partial charge in [0.25, 0.3) is 5.82 Å². The van der Waals surface area contributed by atoms with Crippen molar-refractivity contribution in [2.24, 2.45) is 12.5 Å². The van der Waals surface area contributed by atoms with Crippen LogP contribution in [0.3, 0.4) is 0 Å². The minimum Gasteiger partial charge on any atom is -0.454 e. The Morgan fingerprint density at radius 3 is 2.17 bits per heavy atom. The van der Waals surface area contributed by atoms with Gasteiger partial charge in [-0.15, -0.1) is 0 Å². The number of furan rings is 1. The summed E-state index contributed by atoms with van der Waals surface area (Å²) in [6.45, 7) is 11.2. The van der Waals surface area contributed by atoms with E-state index < -0.39 is 25.5 Å². The van der Waals surface area contributed by atoms with E-state index in [2.05, 4.69) is 72.1 Å². The van der Waals surface area contributed by atoms with Crippen molar-refractivity contribution in [3.63, 3.8) is 0 Å². The number of aryl methyl sites for hydroxylation is 4. The first-order valence-corrected chi connectivity index (χ1v) is 16.4. The molecule has 0 amide bonds. The average molecular weight is 631 g/mol. The molecule has 0 bridgehead atoms. The number of para-hydroxylation sites is 2. The molecule has 0 atom stereocenters. The minimum atomic E-state index is -2.65. The highest BCUT2D eigenvalue weighted by Crippen LogP contribution is 2.43. The maximum absolute atomic E-state index is 9.28. The van der Waals surface area contributed by atoms with Crippen molar-refractivity contribution in [1.82, 2.24) is 9.55 Å². The zero-order valence-electron chi connectivity index (χ0n) is 36.8. The van der Waals surface area contributed by atoms with Crippen LogP contribution in [0.2, 0.25) is 0 Å². The van der Waals surface area contributed by atoms with Gasteiger partial charge in [-0.05, 0) is 79.6 Å². The normalized spacial score (nSPS) is 16.0. The first-order valence-electron chi connectivity index (χ1n) is 20.4. The van der Waals surface area contributed by atoms with Crippen LogP contribution >= 0.6 is 0 Å². The van der Waals surface area contributed by atoms with Crippen molar-refractivity contribution in [2.75, 3.05) is 0 Å². The number of hydrogen-bond donors (Lipinski definition) is 0. The van der Waals surface area contributed by atoms with Crippen LogP contribution in [0.4, 0.5) is 0 Å². The Morgan fingerprint density at radius 1 is 0.851 bits per heavy atom. The monoisotopic (exact) mass is 630 g/mol. The third kappa shape index (κ3) is 5.04. The van der Waals surface area contributed by atoms with E-state index in [1.807, 2.05) is 59.0 Å². The Morgan fingerprint density at radius 2 is 1.51 bits per heavy atom. The third-order valence-corrected chi connectivity index (χ3v) is 9.22. The highest BCUT2D eigenvalue weighted by molar-refractivity contribution is 6.17. The van der Waals surface area contributed by atoms with Crippen molar-refractivity contribution < 1.29 is 20.0 Å². The quantitative estimate of drug-likeness (QED) is 0.177. The number of pyridine rings is 1. The first-order chi connectivity index (χ1) is 25.4. The van der Waals surface area contributed by atoms with E-state index in [9.17, 15) is 2.74 Å². The van der Waals surface area contributed by atoms with Gasteiger partial charge >= 0.3 is 0 Å². The summed E-state index contributed by atoms with van der Waals surface area (Å²) in [5.74, 6) is 0.951. The molecule has 7 aromatic rings. The second-order valence-corrected chi connectivity index (χ2v) is 14.5. The standard InChI is InChI=1S/C43H48N3O/c1-24(2)33-21-29(23-43(8,9)10)22-34(25(3)4)39(33)46-37-15-13-12-14-36(37)45(11)42(46)38-26(5)16-17-32-31-19-18-30-28(7)44-27(6)20-35(30)40(31)47-41(32)38/h12-22,24-25H,23H2,1-11H3/q+1/i6D3,7D3,23D2. The number of benzene rings is 4. The lowest BCUT2D eigenvalue weighted by molar-refractivity contribution is -0.633. The predicted molar refractivity (Wildman–Crippen MR) is 198 cm³/mol. The zero-order chi connectivity index (χ0) is 40.3. The first kappa shape index (κ1) is 23.0. The molecule has 240 valence electrons. The van der Waals surface area contributed by atoms with Crippen LogP contribution in [0.5, 0.6) is 0 Å². The lowest BCUT2D eigenvalue weighted by Gasteiger charge is -2.24. The fraction of sp³-hybridized carbons (Fsp3) is 0.349. The highest BCUT2D eigenvalue weighted by Gasteiger charge is 2.34. The molecule has 0 unspecified atom stereocenters. The van der Waals surface area contributed by atoms with Crippen molar-refractivity contribution in [2.45, 2.75) is 87.3 Å². The summed E-state index contributed by atoms with van der Waals surface area (Å²) >= 11 is 0. The number of hydrogen-bond acceptors (Lipinski definition) is 2. The van der Waals surface area contributed by atoms with Gasteiger partial charge in [-0.1, -0.05) is 90.9 Å². The summed E-state index contributed by atoms with van der Waals surface area (Å²) in [4.78, 5) is 4.15. The molecule has 0 aliphatic carbocycles. The van der Waals surface area contributed by atoms with Crippen molar-refractivity contribution in [1.29, 1.82) is 0 Å². The molecule has 0 saturated carbocycles. The molecular weight excluding hydrogens is 574 g/mol. The molecule has 0 N–H and O–H groups in total. The molecule has 0 spiro atoms. The maximum atomic E-state index is 9.28. The minimum absolute atomic E-state index is 0.0467. The Balaban J connectivity index is 1.65. The summed E-state index contributed by atoms with van der Waals surface area (Å²) in [6.07, 6.45) is -1.60. The smallest absolute Gasteiger partial charge is 0.299 e. The van der Waals surface area contributed by atoms with Gasteiger partial charge in [0.15, 0.2) is 16.6 Å². The number of fused-ring (bicyclic) bond motifs is 6. The molecule has 0 fully saturated rings. The molecule has 0 radical (unpaired) electrons. The summed E-state index contributed by atoms with van der Waals surface area (Å²) in [5, 5.41) is 2.23. The number of aromatic nitrogens is 3. The van der Waals surface area contributed by atoms with E-state index in [-0.39, 0.29) is 23.2 Å². The Labute approximate surface area is 290 Å². The number of imidazole rings is 1. The van der Waals surface area contributed by atoms with Gasteiger partial charge < -0.3 is 4.42 Å². The van der Waals surface area contributed by atoms with Crippen molar-refractivity contribution in [3.8, 4) is 17.1 Å². The van der Waals surface area contributed by atoms with E-state index in [4.69, 9.17) is 12.6 Å². The van der Waals surface area contributed by atoms with E-state index in [0.29, 0.717) is 27.5 Å². The van der Waals surface area contributed by atoms with Gasteiger partial charge in [0.1, 0.15) is 16.8 Å². The molecule has 7 rings (SSSR count). The zero-order valence-corrected chi connectivity index (χ0v) is 28.8. The van der Waals surface area contributed by atoms with Gasteiger partial charge in [-0.3, -0.25) is 4.98 Å². The second-order valence-electron chi connectivity index (χ2n) is 14.5. The molecule has 0 aliphatic rings. The summed E-state index contributed by atoms with van der Waals surface area (Å²) in [6, 6.07) is 21.4. The fourth-order valence-electron chi connectivity index (χ4n) is 7.14. The maximum Gasteiger partial charge on any atom is 0.299 e. The summed E-state index contributed by atoms with van der Waals surface area (Å²) < 4.78 is 79.0. The van der Waals surface area contributed by atoms with Crippen LogP contribution in [0.15, 0.2) is 71.1 Å². The largest absolute Gasteiger partial charge is 0.454 e. The fourth-order valence-corrected chi connectivity index (χ4v) is 7.14. The van der Waals surface area contributed by atoms with E-state index >= 15 is 0 Å². The van der Waals surface area contributed by atoms with Crippen LogP contribution in [-0.2, 0) is 13.4 Å². The predicted octanol–water partition coefficient (Wildman–Crippen LogP) is 11.3. The lowest BCUT2D eigenvalue weighted by Crippen LogP contribution is -2.30. The molecule has 4 heteroatoms. The van der Waals surface area contributed by atoms with Gasteiger partial charge in [-0.25, -0.2) is 4.57 Å². The van der Waals surface area contributed by atoms with E-state index in [1.54, 1.807) is 6.07 Å². The molecule has 0 saturated heterocycles. The van der Waals surface area contributed by atoms with Gasteiger partial charge in [0.05, 0.1) is 7.05 Å². The van der Waals surface area contributed by atoms with Crippen LogP contribution in [-0.4, -0.2) is 9.55 Å². The summed E-state index contributed by atoms with van der Waals surface area (Å²) in [5.41, 5.74) is 7.21. The Kier molecular flexibility index (Phi) is 5.42. The molecule has 0 aliphatic heterocycles. The Bertz CT molecular complexity index is 2640. The SMILES string of the molecule is [2H]C([2H])([2H])c1cc2c(ccc3c4ccc(C)c(-c5n(-c6c(C(C)C)cc(C([2H])([2H])C(C)(C)C)cc6C(C)C)c6ccccc6[n+]5C)c4oc23)c(C([2H])([2H])[2H])n1. The molecular formula is C43H48N3O+. The topological polar surface area (TPSA) is 34.8 Å². The molecule has 3 aromatic heterocycles. The molecule has 47 heavy (non-hydrogen) atoms. The second kappa shape index (κ2) is 11.1. The number of nitrogens with zero attached hydrogens (tertiary/aromatic N) is 3. The van der Waals surface area contributed by atoms with Gasteiger partial charge in [-0.2, -0.15) is 4.57 Å². The van der Waals surface area contributed by atoms with Crippen LogP contribution < -0.4 is 4.57 Å².